The maximum Gasteiger partial charge on any atom is 0.0468 e. The summed E-state index contributed by atoms with van der Waals surface area (Å²) in [6, 6.07) is 3.88. The van der Waals surface area contributed by atoms with Gasteiger partial charge in [-0.05, 0) is 45.7 Å². The van der Waals surface area contributed by atoms with Gasteiger partial charge in [-0.15, -0.1) is 0 Å². The number of rotatable bonds is 0. The van der Waals surface area contributed by atoms with Gasteiger partial charge in [0.25, 0.3) is 0 Å². The van der Waals surface area contributed by atoms with Gasteiger partial charge < -0.3 is 0 Å². The molecule has 0 atom stereocenters. The smallest absolute Gasteiger partial charge is 0.0468 e. The fourth-order valence-electron chi connectivity index (χ4n) is 1.26. The van der Waals surface area contributed by atoms with E-state index in [4.69, 9.17) is 23.2 Å². The molecule has 0 saturated heterocycles. The molecule has 0 aliphatic carbocycles. The van der Waals surface area contributed by atoms with Crippen LogP contribution in [0.15, 0.2) is 12.1 Å². The zero-order valence-electron chi connectivity index (χ0n) is 7.79. The normalized spacial score (nSPS) is 11.8. The minimum atomic E-state index is -0.00148. The Bertz CT molecular complexity index is 303. The summed E-state index contributed by atoms with van der Waals surface area (Å²) in [6.07, 6.45) is 0. The number of benzene rings is 1. The first-order chi connectivity index (χ1) is 5.82. The van der Waals surface area contributed by atoms with Gasteiger partial charge >= 0.3 is 0 Å². The first-order valence-corrected chi connectivity index (χ1v) is 5.81. The summed E-state index contributed by atoms with van der Waals surface area (Å²) in [4.78, 5) is 0. The lowest BCUT2D eigenvalue weighted by Gasteiger charge is -2.22. The second kappa shape index (κ2) is 3.95. The molecule has 0 spiro atoms. The van der Waals surface area contributed by atoms with Gasteiger partial charge in [-0.1, -0.05) is 44.0 Å². The molecule has 0 unspecified atom stereocenters. The molecule has 0 aromatic heterocycles. The van der Waals surface area contributed by atoms with Crippen molar-refractivity contribution in [2.75, 3.05) is 0 Å². The average Bonchev–Trinajstić information content (AvgIpc) is 1.78. The number of halogens is 3. The van der Waals surface area contributed by atoms with Gasteiger partial charge in [0.15, 0.2) is 0 Å². The highest BCUT2D eigenvalue weighted by Gasteiger charge is 2.20. The third-order valence-corrected chi connectivity index (χ3v) is 2.98. The first-order valence-electron chi connectivity index (χ1n) is 3.97. The summed E-state index contributed by atoms with van der Waals surface area (Å²) < 4.78 is 1.07. The predicted molar refractivity (Wildman–Crippen MR) is 67.9 cm³/mol. The number of hydrogen-bond acceptors (Lipinski definition) is 0. The maximum atomic E-state index is 6.13. The molecule has 0 aliphatic rings. The summed E-state index contributed by atoms with van der Waals surface area (Å²) in [5.41, 5.74) is 1.02. The highest BCUT2D eigenvalue weighted by atomic mass is 127. The van der Waals surface area contributed by atoms with Crippen molar-refractivity contribution in [2.45, 2.75) is 26.2 Å². The quantitative estimate of drug-likeness (QED) is 0.594. The van der Waals surface area contributed by atoms with Crippen LogP contribution in [0.4, 0.5) is 0 Å². The maximum absolute atomic E-state index is 6.13. The fraction of sp³-hybridized carbons (Fsp3) is 0.400. The molecule has 0 fully saturated rings. The number of hydrogen-bond donors (Lipinski definition) is 0. The SMILES string of the molecule is CC(C)(C)c1c(Cl)cc(I)cc1Cl. The van der Waals surface area contributed by atoms with E-state index in [1.807, 2.05) is 12.1 Å². The summed E-state index contributed by atoms with van der Waals surface area (Å²) in [6.45, 7) is 6.31. The van der Waals surface area contributed by atoms with E-state index in [9.17, 15) is 0 Å². The van der Waals surface area contributed by atoms with E-state index in [2.05, 4.69) is 43.4 Å². The Balaban J connectivity index is 3.38. The Morgan fingerprint density at radius 1 is 1.08 bits per heavy atom. The van der Waals surface area contributed by atoms with Gasteiger partial charge in [0.1, 0.15) is 0 Å². The molecule has 0 bridgehead atoms. The molecule has 0 amide bonds. The van der Waals surface area contributed by atoms with Gasteiger partial charge in [0.05, 0.1) is 0 Å². The topological polar surface area (TPSA) is 0 Å². The van der Waals surface area contributed by atoms with Crippen LogP contribution >= 0.6 is 45.8 Å². The van der Waals surface area contributed by atoms with Crippen LogP contribution in [0.2, 0.25) is 10.0 Å². The van der Waals surface area contributed by atoms with Crippen molar-refractivity contribution in [3.05, 3.63) is 31.3 Å². The highest BCUT2D eigenvalue weighted by Crippen LogP contribution is 2.36. The molecular weight excluding hydrogens is 318 g/mol. The average molecular weight is 329 g/mol. The van der Waals surface area contributed by atoms with E-state index < -0.39 is 0 Å². The van der Waals surface area contributed by atoms with Crippen LogP contribution in [0.1, 0.15) is 26.3 Å². The van der Waals surface area contributed by atoms with Crippen molar-refractivity contribution in [1.82, 2.24) is 0 Å². The molecule has 0 nitrogen and oxygen atoms in total. The summed E-state index contributed by atoms with van der Waals surface area (Å²) in [5.74, 6) is 0. The second-order valence-corrected chi connectivity index (χ2v) is 6.05. The van der Waals surface area contributed by atoms with Crippen LogP contribution in [-0.4, -0.2) is 0 Å². The van der Waals surface area contributed by atoms with Crippen LogP contribution < -0.4 is 0 Å². The van der Waals surface area contributed by atoms with Gasteiger partial charge in [0, 0.05) is 13.6 Å². The molecule has 13 heavy (non-hydrogen) atoms. The molecule has 0 radical (unpaired) electrons. The molecule has 0 N–H and O–H groups in total. The molecule has 0 heterocycles. The Kier molecular flexibility index (Phi) is 3.53. The monoisotopic (exact) mass is 328 g/mol. The Morgan fingerprint density at radius 2 is 1.46 bits per heavy atom. The van der Waals surface area contributed by atoms with Crippen LogP contribution in [0, 0.1) is 3.57 Å². The fourth-order valence-corrected chi connectivity index (χ4v) is 3.30. The van der Waals surface area contributed by atoms with Gasteiger partial charge in [-0.25, -0.2) is 0 Å². The van der Waals surface area contributed by atoms with Crippen LogP contribution in [0.25, 0.3) is 0 Å². The molecule has 1 aromatic rings. The van der Waals surface area contributed by atoms with Gasteiger partial charge in [-0.3, -0.25) is 0 Å². The van der Waals surface area contributed by atoms with E-state index >= 15 is 0 Å². The van der Waals surface area contributed by atoms with Crippen molar-refractivity contribution in [3.63, 3.8) is 0 Å². The van der Waals surface area contributed by atoms with E-state index in [1.165, 1.54) is 0 Å². The van der Waals surface area contributed by atoms with Gasteiger partial charge in [0.2, 0.25) is 0 Å². The molecule has 0 aliphatic heterocycles. The summed E-state index contributed by atoms with van der Waals surface area (Å²) in [7, 11) is 0. The first kappa shape index (κ1) is 11.6. The minimum Gasteiger partial charge on any atom is -0.0839 e. The van der Waals surface area contributed by atoms with E-state index in [0.29, 0.717) is 0 Å². The van der Waals surface area contributed by atoms with Crippen molar-refractivity contribution in [1.29, 1.82) is 0 Å². The lowest BCUT2D eigenvalue weighted by atomic mass is 9.87. The highest BCUT2D eigenvalue weighted by molar-refractivity contribution is 14.1. The van der Waals surface area contributed by atoms with Crippen LogP contribution in [-0.2, 0) is 5.41 Å². The van der Waals surface area contributed by atoms with E-state index in [1.54, 1.807) is 0 Å². The third-order valence-electron chi connectivity index (χ3n) is 1.76. The lowest BCUT2D eigenvalue weighted by Crippen LogP contribution is -2.12. The van der Waals surface area contributed by atoms with Crippen molar-refractivity contribution >= 4 is 45.8 Å². The Labute approximate surface area is 103 Å². The molecule has 1 aromatic carbocycles. The molecular formula is C10H11Cl2I. The molecule has 3 heteroatoms. The van der Waals surface area contributed by atoms with Crippen molar-refractivity contribution < 1.29 is 0 Å². The van der Waals surface area contributed by atoms with Crippen molar-refractivity contribution in [3.8, 4) is 0 Å². The zero-order valence-corrected chi connectivity index (χ0v) is 11.5. The van der Waals surface area contributed by atoms with Crippen LogP contribution in [0.5, 0.6) is 0 Å². The Hall–Kier alpha value is 0.530. The third kappa shape index (κ3) is 2.74. The zero-order chi connectivity index (χ0) is 10.2. The second-order valence-electron chi connectivity index (χ2n) is 3.99. The van der Waals surface area contributed by atoms with Gasteiger partial charge in [-0.2, -0.15) is 0 Å². The largest absolute Gasteiger partial charge is 0.0839 e. The minimum absolute atomic E-state index is 0.00148. The summed E-state index contributed by atoms with van der Waals surface area (Å²) in [5, 5.41) is 1.51. The summed E-state index contributed by atoms with van der Waals surface area (Å²) >= 11 is 14.5. The molecule has 1 rings (SSSR count). The Morgan fingerprint density at radius 3 is 1.77 bits per heavy atom. The van der Waals surface area contributed by atoms with E-state index in [-0.39, 0.29) is 5.41 Å². The lowest BCUT2D eigenvalue weighted by molar-refractivity contribution is 0.590. The molecule has 72 valence electrons. The van der Waals surface area contributed by atoms with E-state index in [0.717, 1.165) is 19.2 Å². The standard InChI is InChI=1S/C10H11Cl2I/c1-10(2,3)9-7(11)4-6(13)5-8(9)12/h4-5H,1-3H3. The predicted octanol–water partition coefficient (Wildman–Crippen LogP) is 4.90. The van der Waals surface area contributed by atoms with Crippen molar-refractivity contribution in [2.24, 2.45) is 0 Å². The van der Waals surface area contributed by atoms with Crippen LogP contribution in [0.3, 0.4) is 0 Å². The molecule has 0 saturated carbocycles.